The van der Waals surface area contributed by atoms with Crippen molar-refractivity contribution in [2.45, 2.75) is 12.2 Å². The minimum absolute atomic E-state index is 0.0640. The van der Waals surface area contributed by atoms with Gasteiger partial charge in [-0.15, -0.1) is 0 Å². The second-order valence-electron chi connectivity index (χ2n) is 4.72. The molecule has 0 bridgehead atoms. The highest BCUT2D eigenvalue weighted by atomic mass is 19.4. The van der Waals surface area contributed by atoms with E-state index in [9.17, 15) is 13.2 Å². The van der Waals surface area contributed by atoms with Gasteiger partial charge in [-0.2, -0.15) is 13.2 Å². The summed E-state index contributed by atoms with van der Waals surface area (Å²) in [5.41, 5.74) is 6.02. The molecule has 2 N–H and O–H groups in total. The average molecular weight is 311 g/mol. The van der Waals surface area contributed by atoms with Crippen molar-refractivity contribution in [1.29, 1.82) is 0 Å². The van der Waals surface area contributed by atoms with Gasteiger partial charge in [0.25, 0.3) is 0 Å². The average Bonchev–Trinajstić information content (AvgIpc) is 2.52. The second kappa shape index (κ2) is 6.70. The van der Waals surface area contributed by atoms with Gasteiger partial charge < -0.3 is 15.2 Å². The first-order chi connectivity index (χ1) is 10.4. The zero-order valence-corrected chi connectivity index (χ0v) is 11.9. The summed E-state index contributed by atoms with van der Waals surface area (Å²) in [5.74, 6) is 0.792. The molecule has 3 nitrogen and oxygen atoms in total. The van der Waals surface area contributed by atoms with E-state index in [0.717, 1.165) is 17.7 Å². The Morgan fingerprint density at radius 3 is 2.41 bits per heavy atom. The Morgan fingerprint density at radius 1 is 1.05 bits per heavy atom. The lowest BCUT2D eigenvalue weighted by Gasteiger charge is -2.15. The first-order valence-electron chi connectivity index (χ1n) is 6.60. The Balaban J connectivity index is 2.03. The van der Waals surface area contributed by atoms with Crippen molar-refractivity contribution in [3.05, 3.63) is 59.7 Å². The molecule has 2 aromatic rings. The number of halogens is 3. The minimum atomic E-state index is -4.39. The van der Waals surface area contributed by atoms with E-state index in [1.807, 2.05) is 6.07 Å². The Bertz CT molecular complexity index is 629. The molecular formula is C16H16F3NO2. The number of hydrogen-bond acceptors (Lipinski definition) is 3. The minimum Gasteiger partial charge on any atom is -0.497 e. The topological polar surface area (TPSA) is 44.5 Å². The van der Waals surface area contributed by atoms with Crippen LogP contribution in [0.1, 0.15) is 17.2 Å². The summed E-state index contributed by atoms with van der Waals surface area (Å²) in [4.78, 5) is 0. The molecule has 22 heavy (non-hydrogen) atoms. The molecule has 0 aromatic heterocycles. The van der Waals surface area contributed by atoms with Crippen molar-refractivity contribution in [3.63, 3.8) is 0 Å². The lowest BCUT2D eigenvalue weighted by Crippen LogP contribution is -2.19. The normalized spacial score (nSPS) is 12.8. The van der Waals surface area contributed by atoms with Crippen LogP contribution in [0.5, 0.6) is 11.5 Å². The first kappa shape index (κ1) is 16.2. The van der Waals surface area contributed by atoms with E-state index in [2.05, 4.69) is 0 Å². The van der Waals surface area contributed by atoms with Crippen molar-refractivity contribution in [2.24, 2.45) is 5.73 Å². The molecule has 0 aliphatic rings. The highest BCUT2D eigenvalue weighted by Gasteiger charge is 2.30. The molecular weight excluding hydrogens is 295 g/mol. The monoisotopic (exact) mass is 311 g/mol. The zero-order chi connectivity index (χ0) is 16.2. The molecule has 0 saturated heterocycles. The SMILES string of the molecule is COc1cccc(C(N)COc2cccc(C(F)(F)F)c2)c1. The van der Waals surface area contributed by atoms with Crippen molar-refractivity contribution >= 4 is 0 Å². The first-order valence-corrected chi connectivity index (χ1v) is 6.60. The fraction of sp³-hybridized carbons (Fsp3) is 0.250. The molecule has 1 unspecified atom stereocenters. The molecule has 0 saturated carbocycles. The molecule has 6 heteroatoms. The lowest BCUT2D eigenvalue weighted by atomic mass is 10.1. The van der Waals surface area contributed by atoms with Crippen LogP contribution in [0.15, 0.2) is 48.5 Å². The Labute approximate surface area is 126 Å². The maximum Gasteiger partial charge on any atom is 0.416 e. The highest BCUT2D eigenvalue weighted by molar-refractivity contribution is 5.32. The molecule has 0 amide bonds. The molecule has 0 fully saturated rings. The summed E-state index contributed by atoms with van der Waals surface area (Å²) in [6.45, 7) is 0.0640. The maximum absolute atomic E-state index is 12.6. The number of hydrogen-bond donors (Lipinski definition) is 1. The van der Waals surface area contributed by atoms with Gasteiger partial charge in [0.2, 0.25) is 0 Å². The fourth-order valence-corrected chi connectivity index (χ4v) is 1.92. The van der Waals surface area contributed by atoms with Gasteiger partial charge in [-0.1, -0.05) is 18.2 Å². The van der Waals surface area contributed by atoms with Gasteiger partial charge in [0.15, 0.2) is 0 Å². The molecule has 0 radical (unpaired) electrons. The van der Waals surface area contributed by atoms with Crippen molar-refractivity contribution < 1.29 is 22.6 Å². The van der Waals surface area contributed by atoms with Gasteiger partial charge in [0, 0.05) is 0 Å². The third-order valence-corrected chi connectivity index (χ3v) is 3.11. The van der Waals surface area contributed by atoms with Crippen LogP contribution in [0.25, 0.3) is 0 Å². The van der Waals surface area contributed by atoms with Gasteiger partial charge in [-0.25, -0.2) is 0 Å². The zero-order valence-electron chi connectivity index (χ0n) is 11.9. The summed E-state index contributed by atoms with van der Waals surface area (Å²) < 4.78 is 48.3. The number of rotatable bonds is 5. The van der Waals surface area contributed by atoms with E-state index in [1.54, 1.807) is 25.3 Å². The summed E-state index contributed by atoms with van der Waals surface area (Å²) >= 11 is 0. The van der Waals surface area contributed by atoms with E-state index in [4.69, 9.17) is 15.2 Å². The summed E-state index contributed by atoms with van der Waals surface area (Å²) in [5, 5.41) is 0. The number of ether oxygens (including phenoxy) is 2. The summed E-state index contributed by atoms with van der Waals surface area (Å²) in [6, 6.07) is 11.4. The predicted octanol–water partition coefficient (Wildman–Crippen LogP) is 3.79. The van der Waals surface area contributed by atoms with Crippen LogP contribution in [0.4, 0.5) is 13.2 Å². The quantitative estimate of drug-likeness (QED) is 0.913. The number of alkyl halides is 3. The molecule has 2 aromatic carbocycles. The molecule has 118 valence electrons. The van der Waals surface area contributed by atoms with Gasteiger partial charge in [0.1, 0.15) is 18.1 Å². The molecule has 0 spiro atoms. The van der Waals surface area contributed by atoms with E-state index >= 15 is 0 Å². The predicted molar refractivity (Wildman–Crippen MR) is 76.9 cm³/mol. The summed E-state index contributed by atoms with van der Waals surface area (Å²) in [7, 11) is 1.55. The van der Waals surface area contributed by atoms with Crippen molar-refractivity contribution in [3.8, 4) is 11.5 Å². The van der Waals surface area contributed by atoms with Gasteiger partial charge in [0.05, 0.1) is 18.7 Å². The standard InChI is InChI=1S/C16H16F3NO2/c1-21-13-6-2-4-11(8-13)15(20)10-22-14-7-3-5-12(9-14)16(17,18)19/h2-9,15H,10,20H2,1H3. The van der Waals surface area contributed by atoms with Crippen LogP contribution >= 0.6 is 0 Å². The number of methoxy groups -OCH3 is 1. The summed E-state index contributed by atoms with van der Waals surface area (Å²) in [6.07, 6.45) is -4.39. The van der Waals surface area contributed by atoms with Crippen molar-refractivity contribution in [2.75, 3.05) is 13.7 Å². The van der Waals surface area contributed by atoms with E-state index < -0.39 is 17.8 Å². The molecule has 2 rings (SSSR count). The fourth-order valence-electron chi connectivity index (χ4n) is 1.92. The Hall–Kier alpha value is -2.21. The van der Waals surface area contributed by atoms with E-state index in [-0.39, 0.29) is 12.4 Å². The molecule has 0 aliphatic carbocycles. The van der Waals surface area contributed by atoms with Crippen LogP contribution < -0.4 is 15.2 Å². The van der Waals surface area contributed by atoms with Crippen LogP contribution in [-0.2, 0) is 6.18 Å². The molecule has 0 heterocycles. The van der Waals surface area contributed by atoms with Crippen LogP contribution in [0, 0.1) is 0 Å². The van der Waals surface area contributed by atoms with Gasteiger partial charge in [-0.05, 0) is 35.9 Å². The Kier molecular flexibility index (Phi) is 4.92. The lowest BCUT2D eigenvalue weighted by molar-refractivity contribution is -0.137. The largest absolute Gasteiger partial charge is 0.497 e. The van der Waals surface area contributed by atoms with Gasteiger partial charge >= 0.3 is 6.18 Å². The van der Waals surface area contributed by atoms with Gasteiger partial charge in [-0.3, -0.25) is 0 Å². The van der Waals surface area contributed by atoms with E-state index in [0.29, 0.717) is 5.75 Å². The third-order valence-electron chi connectivity index (χ3n) is 3.11. The van der Waals surface area contributed by atoms with E-state index in [1.165, 1.54) is 12.1 Å². The highest BCUT2D eigenvalue weighted by Crippen LogP contribution is 2.31. The smallest absolute Gasteiger partial charge is 0.416 e. The van der Waals surface area contributed by atoms with Crippen LogP contribution in [-0.4, -0.2) is 13.7 Å². The maximum atomic E-state index is 12.6. The number of benzene rings is 2. The second-order valence-corrected chi connectivity index (χ2v) is 4.72. The van der Waals surface area contributed by atoms with Crippen molar-refractivity contribution in [1.82, 2.24) is 0 Å². The number of nitrogens with two attached hydrogens (primary N) is 1. The van der Waals surface area contributed by atoms with Crippen LogP contribution in [0.2, 0.25) is 0 Å². The molecule has 0 aliphatic heterocycles. The Morgan fingerprint density at radius 2 is 1.73 bits per heavy atom. The molecule has 1 atom stereocenters. The van der Waals surface area contributed by atoms with Crippen LogP contribution in [0.3, 0.4) is 0 Å². The third kappa shape index (κ3) is 4.14.